The molecule has 0 saturated carbocycles. The highest BCUT2D eigenvalue weighted by atomic mass is 15.2. The van der Waals surface area contributed by atoms with Crippen molar-refractivity contribution in [3.05, 3.63) is 86.0 Å². The van der Waals surface area contributed by atoms with Gasteiger partial charge in [0.1, 0.15) is 25.3 Å². The molecule has 8 nitrogen and oxygen atoms in total. The van der Waals surface area contributed by atoms with E-state index >= 15 is 0 Å². The van der Waals surface area contributed by atoms with Crippen LogP contribution in [0.3, 0.4) is 0 Å². The van der Waals surface area contributed by atoms with Gasteiger partial charge in [0.05, 0.1) is 22.1 Å². The van der Waals surface area contributed by atoms with Gasteiger partial charge in [-0.3, -0.25) is 9.13 Å². The highest BCUT2D eigenvalue weighted by Crippen LogP contribution is 2.40. The first-order valence-electron chi connectivity index (χ1n) is 10.1. The topological polar surface area (TPSA) is 87.2 Å². The predicted molar refractivity (Wildman–Crippen MR) is 122 cm³/mol. The van der Waals surface area contributed by atoms with Crippen LogP contribution in [0.4, 0.5) is 0 Å². The van der Waals surface area contributed by atoms with Crippen LogP contribution in [0, 0.1) is 0 Å². The SMILES string of the molecule is c1ccc2c(c1)c1ccc3c4ccccc4n(-c4ncncn4)c3c1n2-c1ncncn1. The summed E-state index contributed by atoms with van der Waals surface area (Å²) in [5.41, 5.74) is 4.03. The van der Waals surface area contributed by atoms with Crippen molar-refractivity contribution in [1.82, 2.24) is 39.0 Å². The first-order valence-corrected chi connectivity index (χ1v) is 10.1. The number of nitrogens with zero attached hydrogens (tertiary/aromatic N) is 8. The van der Waals surface area contributed by atoms with Crippen molar-refractivity contribution < 1.29 is 0 Å². The molecule has 32 heavy (non-hydrogen) atoms. The number of rotatable bonds is 2. The molecule has 0 aliphatic carbocycles. The smallest absolute Gasteiger partial charge is 0.237 e. The fraction of sp³-hybridized carbons (Fsp3) is 0. The zero-order chi connectivity index (χ0) is 21.1. The number of hydrogen-bond acceptors (Lipinski definition) is 6. The van der Waals surface area contributed by atoms with Crippen molar-refractivity contribution in [3.63, 3.8) is 0 Å². The van der Waals surface area contributed by atoms with E-state index in [9.17, 15) is 0 Å². The molecule has 0 amide bonds. The Morgan fingerprint density at radius 3 is 1.28 bits per heavy atom. The minimum absolute atomic E-state index is 0.561. The molecule has 0 unspecified atom stereocenters. The summed E-state index contributed by atoms with van der Waals surface area (Å²) in [6.07, 6.45) is 6.07. The largest absolute Gasteiger partial charge is 0.276 e. The second kappa shape index (κ2) is 6.39. The summed E-state index contributed by atoms with van der Waals surface area (Å²) in [7, 11) is 0. The molecule has 0 aliphatic rings. The predicted octanol–water partition coefficient (Wildman–Crippen LogP) is 4.25. The van der Waals surface area contributed by atoms with E-state index < -0.39 is 0 Å². The molecule has 3 aromatic carbocycles. The Morgan fingerprint density at radius 2 is 0.844 bits per heavy atom. The fourth-order valence-electron chi connectivity index (χ4n) is 4.61. The average molecular weight is 414 g/mol. The molecule has 0 atom stereocenters. The fourth-order valence-corrected chi connectivity index (χ4v) is 4.61. The maximum absolute atomic E-state index is 4.47. The number of fused-ring (bicyclic) bond motifs is 7. The Morgan fingerprint density at radius 1 is 0.438 bits per heavy atom. The summed E-state index contributed by atoms with van der Waals surface area (Å²) >= 11 is 0. The Kier molecular flexibility index (Phi) is 3.40. The van der Waals surface area contributed by atoms with Crippen LogP contribution in [0.15, 0.2) is 86.0 Å². The molecule has 0 N–H and O–H groups in total. The van der Waals surface area contributed by atoms with Crippen molar-refractivity contribution in [2.75, 3.05) is 0 Å². The van der Waals surface area contributed by atoms with Crippen molar-refractivity contribution in [3.8, 4) is 11.9 Å². The van der Waals surface area contributed by atoms with Gasteiger partial charge < -0.3 is 0 Å². The zero-order valence-electron chi connectivity index (χ0n) is 16.7. The molecular weight excluding hydrogens is 400 g/mol. The average Bonchev–Trinajstić information content (AvgIpc) is 3.38. The Balaban J connectivity index is 1.81. The van der Waals surface area contributed by atoms with Gasteiger partial charge in [-0.1, -0.05) is 48.5 Å². The molecule has 0 bridgehead atoms. The van der Waals surface area contributed by atoms with Crippen LogP contribution < -0.4 is 0 Å². The van der Waals surface area contributed by atoms with Crippen LogP contribution in [0.1, 0.15) is 0 Å². The van der Waals surface area contributed by atoms with Gasteiger partial charge in [0.25, 0.3) is 0 Å². The maximum atomic E-state index is 4.47. The lowest BCUT2D eigenvalue weighted by Crippen LogP contribution is -2.04. The zero-order valence-corrected chi connectivity index (χ0v) is 16.7. The lowest BCUT2D eigenvalue weighted by atomic mass is 10.1. The molecule has 0 fully saturated rings. The summed E-state index contributed by atoms with van der Waals surface area (Å²) in [6.45, 7) is 0. The Hall–Kier alpha value is -4.72. The minimum Gasteiger partial charge on any atom is -0.276 e. The lowest BCUT2D eigenvalue weighted by molar-refractivity contribution is 0.928. The molecule has 4 heterocycles. The standard InChI is InChI=1S/C24H14N8/c1-3-7-19-15(5-1)17-9-10-18-16-6-2-4-8-20(16)32(24-29-13-26-14-30-24)22(18)21(17)31(19)23-27-11-25-12-28-23/h1-14H. The molecule has 4 aromatic heterocycles. The van der Waals surface area contributed by atoms with E-state index in [-0.39, 0.29) is 0 Å². The van der Waals surface area contributed by atoms with E-state index in [4.69, 9.17) is 0 Å². The second-order valence-corrected chi connectivity index (χ2v) is 7.44. The number of benzene rings is 3. The maximum Gasteiger partial charge on any atom is 0.237 e. The van der Waals surface area contributed by atoms with Gasteiger partial charge in [0, 0.05) is 21.5 Å². The van der Waals surface area contributed by atoms with Crippen molar-refractivity contribution in [1.29, 1.82) is 0 Å². The van der Waals surface area contributed by atoms with Crippen molar-refractivity contribution >= 4 is 43.6 Å². The van der Waals surface area contributed by atoms with Gasteiger partial charge in [0.15, 0.2) is 0 Å². The molecule has 0 spiro atoms. The van der Waals surface area contributed by atoms with Crippen LogP contribution in [0.5, 0.6) is 0 Å². The summed E-state index contributed by atoms with van der Waals surface area (Å²) in [6, 6.07) is 20.9. The molecule has 7 rings (SSSR count). The lowest BCUT2D eigenvalue weighted by Gasteiger charge is -2.09. The van der Waals surface area contributed by atoms with Gasteiger partial charge in [-0.25, -0.2) is 29.9 Å². The first-order chi connectivity index (χ1) is 15.9. The van der Waals surface area contributed by atoms with Crippen molar-refractivity contribution in [2.24, 2.45) is 0 Å². The third kappa shape index (κ3) is 2.20. The van der Waals surface area contributed by atoms with Crippen LogP contribution in [0.25, 0.3) is 55.5 Å². The van der Waals surface area contributed by atoms with Crippen LogP contribution >= 0.6 is 0 Å². The van der Waals surface area contributed by atoms with E-state index in [2.05, 4.69) is 75.4 Å². The minimum atomic E-state index is 0.561. The number of aromatic nitrogens is 8. The van der Waals surface area contributed by atoms with Crippen molar-refractivity contribution in [2.45, 2.75) is 0 Å². The first kappa shape index (κ1) is 17.0. The van der Waals surface area contributed by atoms with E-state index in [1.807, 2.05) is 24.3 Å². The highest BCUT2D eigenvalue weighted by molar-refractivity contribution is 6.23. The third-order valence-electron chi connectivity index (χ3n) is 5.83. The molecule has 0 saturated heterocycles. The Bertz CT molecular complexity index is 1640. The molecule has 8 heteroatoms. The van der Waals surface area contributed by atoms with Gasteiger partial charge in [-0.2, -0.15) is 0 Å². The molecular formula is C24H14N8. The summed E-state index contributed by atoms with van der Waals surface area (Å²) in [4.78, 5) is 25.9. The van der Waals surface area contributed by atoms with E-state index in [0.29, 0.717) is 11.9 Å². The van der Waals surface area contributed by atoms with Gasteiger partial charge in [-0.05, 0) is 12.1 Å². The van der Waals surface area contributed by atoms with Gasteiger partial charge in [-0.15, -0.1) is 0 Å². The quantitative estimate of drug-likeness (QED) is 0.420. The van der Waals surface area contributed by atoms with Gasteiger partial charge >= 0.3 is 0 Å². The van der Waals surface area contributed by atoms with Crippen LogP contribution in [0.2, 0.25) is 0 Å². The van der Waals surface area contributed by atoms with E-state index in [1.54, 1.807) is 0 Å². The summed E-state index contributed by atoms with van der Waals surface area (Å²) in [5.74, 6) is 1.12. The molecule has 0 radical (unpaired) electrons. The van der Waals surface area contributed by atoms with E-state index in [1.165, 1.54) is 25.3 Å². The van der Waals surface area contributed by atoms with Gasteiger partial charge in [0.2, 0.25) is 11.9 Å². The third-order valence-corrected chi connectivity index (χ3v) is 5.83. The molecule has 7 aromatic rings. The van der Waals surface area contributed by atoms with Crippen LogP contribution in [-0.4, -0.2) is 39.0 Å². The molecule has 0 aliphatic heterocycles. The molecule has 150 valence electrons. The monoisotopic (exact) mass is 414 g/mol. The number of hydrogen-bond donors (Lipinski definition) is 0. The highest BCUT2D eigenvalue weighted by Gasteiger charge is 2.22. The number of para-hydroxylation sites is 2. The normalized spacial score (nSPS) is 11.8. The summed E-state index contributed by atoms with van der Waals surface area (Å²) < 4.78 is 4.18. The Labute approximate surface area is 180 Å². The van der Waals surface area contributed by atoms with Crippen LogP contribution in [-0.2, 0) is 0 Å². The second-order valence-electron chi connectivity index (χ2n) is 7.44. The summed E-state index contributed by atoms with van der Waals surface area (Å²) in [5, 5.41) is 4.45. The van der Waals surface area contributed by atoms with E-state index in [0.717, 1.165) is 43.6 Å².